The van der Waals surface area contributed by atoms with Crippen LogP contribution in [0.15, 0.2) is 24.3 Å². The molecule has 2 aliphatic rings. The van der Waals surface area contributed by atoms with Gasteiger partial charge < -0.3 is 10.6 Å². The lowest BCUT2D eigenvalue weighted by Gasteiger charge is -2.21. The zero-order valence-electron chi connectivity index (χ0n) is 10.6. The van der Waals surface area contributed by atoms with Crippen molar-refractivity contribution >= 4 is 24.0 Å². The molecule has 18 heavy (non-hydrogen) atoms. The van der Waals surface area contributed by atoms with E-state index < -0.39 is 0 Å². The van der Waals surface area contributed by atoms with Gasteiger partial charge in [-0.25, -0.2) is 0 Å². The molecule has 3 nitrogen and oxygen atoms in total. The van der Waals surface area contributed by atoms with E-state index in [0.29, 0.717) is 6.54 Å². The number of rotatable bonds is 2. The van der Waals surface area contributed by atoms with Crippen molar-refractivity contribution in [2.24, 2.45) is 11.7 Å². The number of nitrogens with two attached hydrogens (primary N) is 1. The second-order valence-corrected chi connectivity index (χ2v) is 5.36. The Morgan fingerprint density at radius 3 is 2.72 bits per heavy atom. The highest BCUT2D eigenvalue weighted by atomic mass is 35.5. The van der Waals surface area contributed by atoms with E-state index in [1.165, 1.54) is 18.4 Å². The molecular weight excluding hydrogens is 248 g/mol. The fourth-order valence-electron chi connectivity index (χ4n) is 2.77. The molecule has 1 amide bonds. The summed E-state index contributed by atoms with van der Waals surface area (Å²) in [5, 5.41) is 0. The van der Waals surface area contributed by atoms with Gasteiger partial charge in [-0.15, -0.1) is 12.4 Å². The molecule has 1 atom stereocenters. The van der Waals surface area contributed by atoms with Gasteiger partial charge in [0, 0.05) is 30.1 Å². The fourth-order valence-corrected chi connectivity index (χ4v) is 2.77. The summed E-state index contributed by atoms with van der Waals surface area (Å²) in [7, 11) is 0. The number of carbonyl (C=O) groups excluding carboxylic acids is 1. The quantitative estimate of drug-likeness (QED) is 0.891. The zero-order chi connectivity index (χ0) is 12.0. The van der Waals surface area contributed by atoms with Crippen molar-refractivity contribution in [3.8, 4) is 0 Å². The van der Waals surface area contributed by atoms with Crippen LogP contribution in [0.4, 0.5) is 5.69 Å². The Morgan fingerprint density at radius 2 is 2.11 bits per heavy atom. The topological polar surface area (TPSA) is 46.3 Å². The van der Waals surface area contributed by atoms with E-state index in [9.17, 15) is 4.79 Å². The van der Waals surface area contributed by atoms with Crippen molar-refractivity contribution in [3.05, 3.63) is 29.8 Å². The molecule has 1 saturated carbocycles. The number of halogens is 1. The second kappa shape index (κ2) is 4.56. The van der Waals surface area contributed by atoms with E-state index in [0.717, 1.165) is 12.2 Å². The van der Waals surface area contributed by atoms with E-state index in [2.05, 4.69) is 18.2 Å². The first-order chi connectivity index (χ1) is 8.18. The maximum atomic E-state index is 12.3. The SMILES string of the molecule is CC(CN)C(=O)N1CC2(CC2)c2ccccc21.Cl. The lowest BCUT2D eigenvalue weighted by molar-refractivity contribution is -0.121. The molecule has 1 unspecified atom stereocenters. The number of carbonyl (C=O) groups is 1. The number of hydrogen-bond donors (Lipinski definition) is 1. The van der Waals surface area contributed by atoms with Gasteiger partial charge in [0.25, 0.3) is 0 Å². The molecule has 98 valence electrons. The Bertz CT molecular complexity index is 471. The standard InChI is InChI=1S/C14H18N2O.ClH/c1-10(8-15)13(17)16-9-14(6-7-14)11-4-2-3-5-12(11)16;/h2-5,10H,6-9,15H2,1H3;1H. The van der Waals surface area contributed by atoms with E-state index >= 15 is 0 Å². The third-order valence-electron chi connectivity index (χ3n) is 4.12. The van der Waals surface area contributed by atoms with Crippen LogP contribution >= 0.6 is 12.4 Å². The highest BCUT2D eigenvalue weighted by molar-refractivity contribution is 5.98. The molecule has 4 heteroatoms. The number of amides is 1. The highest BCUT2D eigenvalue weighted by Crippen LogP contribution is 2.56. The summed E-state index contributed by atoms with van der Waals surface area (Å²) in [6.07, 6.45) is 2.43. The van der Waals surface area contributed by atoms with Crippen LogP contribution in [0.5, 0.6) is 0 Å². The lowest BCUT2D eigenvalue weighted by atomic mass is 9.99. The maximum Gasteiger partial charge on any atom is 0.231 e. The van der Waals surface area contributed by atoms with E-state index in [1.54, 1.807) is 0 Å². The molecule has 1 aromatic carbocycles. The minimum Gasteiger partial charge on any atom is -0.330 e. The first kappa shape index (κ1) is 13.4. The molecule has 0 bridgehead atoms. The van der Waals surface area contributed by atoms with Crippen LogP contribution < -0.4 is 10.6 Å². The number of hydrogen-bond acceptors (Lipinski definition) is 2. The van der Waals surface area contributed by atoms with Crippen molar-refractivity contribution in [1.29, 1.82) is 0 Å². The molecule has 0 saturated heterocycles. The Morgan fingerprint density at radius 1 is 1.44 bits per heavy atom. The predicted octanol–water partition coefficient (Wildman–Crippen LogP) is 2.08. The second-order valence-electron chi connectivity index (χ2n) is 5.36. The van der Waals surface area contributed by atoms with Crippen molar-refractivity contribution in [3.63, 3.8) is 0 Å². The van der Waals surface area contributed by atoms with Crippen molar-refractivity contribution in [2.75, 3.05) is 18.0 Å². The fraction of sp³-hybridized carbons (Fsp3) is 0.500. The molecular formula is C14H19ClN2O. The summed E-state index contributed by atoms with van der Waals surface area (Å²) in [6.45, 7) is 3.18. The lowest BCUT2D eigenvalue weighted by Crippen LogP contribution is -2.38. The number of benzene rings is 1. The van der Waals surface area contributed by atoms with Gasteiger partial charge in [-0.2, -0.15) is 0 Å². The Labute approximate surface area is 114 Å². The van der Waals surface area contributed by atoms with E-state index in [-0.39, 0.29) is 29.6 Å². The van der Waals surface area contributed by atoms with Gasteiger partial charge in [-0.05, 0) is 24.5 Å². The molecule has 2 N–H and O–H groups in total. The van der Waals surface area contributed by atoms with Gasteiger partial charge in [-0.1, -0.05) is 25.1 Å². The molecule has 1 spiro atoms. The minimum absolute atomic E-state index is 0. The smallest absolute Gasteiger partial charge is 0.231 e. The van der Waals surface area contributed by atoms with E-state index in [1.807, 2.05) is 17.9 Å². The molecule has 0 radical (unpaired) electrons. The minimum atomic E-state index is -0.0862. The third-order valence-corrected chi connectivity index (χ3v) is 4.12. The van der Waals surface area contributed by atoms with Crippen LogP contribution in [0.2, 0.25) is 0 Å². The van der Waals surface area contributed by atoms with Crippen LogP contribution in [0.25, 0.3) is 0 Å². The van der Waals surface area contributed by atoms with E-state index in [4.69, 9.17) is 5.73 Å². The number of anilines is 1. The van der Waals surface area contributed by atoms with Crippen LogP contribution in [0.1, 0.15) is 25.3 Å². The van der Waals surface area contributed by atoms with Crippen molar-refractivity contribution in [1.82, 2.24) is 0 Å². The average Bonchev–Trinajstić information content (AvgIpc) is 3.07. The van der Waals surface area contributed by atoms with Crippen LogP contribution in [-0.4, -0.2) is 19.0 Å². The Balaban J connectivity index is 0.00000120. The van der Waals surface area contributed by atoms with Crippen LogP contribution in [0.3, 0.4) is 0 Å². The highest BCUT2D eigenvalue weighted by Gasteiger charge is 2.52. The predicted molar refractivity (Wildman–Crippen MR) is 75.2 cm³/mol. The Hall–Kier alpha value is -1.06. The summed E-state index contributed by atoms with van der Waals surface area (Å²) >= 11 is 0. The number of para-hydroxylation sites is 1. The molecule has 1 heterocycles. The maximum absolute atomic E-state index is 12.3. The first-order valence-corrected chi connectivity index (χ1v) is 6.29. The largest absolute Gasteiger partial charge is 0.330 e. The summed E-state index contributed by atoms with van der Waals surface area (Å²) in [5.74, 6) is 0.0840. The zero-order valence-corrected chi connectivity index (χ0v) is 11.4. The van der Waals surface area contributed by atoms with Gasteiger partial charge in [0.2, 0.25) is 5.91 Å². The summed E-state index contributed by atoms with van der Waals surface area (Å²) in [6, 6.07) is 8.30. The monoisotopic (exact) mass is 266 g/mol. The van der Waals surface area contributed by atoms with Gasteiger partial charge in [0.1, 0.15) is 0 Å². The molecule has 3 rings (SSSR count). The number of fused-ring (bicyclic) bond motifs is 2. The van der Waals surface area contributed by atoms with Gasteiger partial charge in [0.15, 0.2) is 0 Å². The third kappa shape index (κ3) is 1.82. The molecule has 1 aromatic rings. The molecule has 0 aromatic heterocycles. The molecule has 1 aliphatic carbocycles. The van der Waals surface area contributed by atoms with Gasteiger partial charge >= 0.3 is 0 Å². The normalized spacial score (nSPS) is 20.2. The molecule has 1 aliphatic heterocycles. The summed E-state index contributed by atoms with van der Waals surface area (Å²) in [5.41, 5.74) is 8.34. The van der Waals surface area contributed by atoms with Crippen LogP contribution in [-0.2, 0) is 10.2 Å². The van der Waals surface area contributed by atoms with Gasteiger partial charge in [0.05, 0.1) is 0 Å². The van der Waals surface area contributed by atoms with Gasteiger partial charge in [-0.3, -0.25) is 4.79 Å². The summed E-state index contributed by atoms with van der Waals surface area (Å²) < 4.78 is 0. The van der Waals surface area contributed by atoms with Crippen molar-refractivity contribution in [2.45, 2.75) is 25.2 Å². The Kier molecular flexibility index (Phi) is 3.39. The van der Waals surface area contributed by atoms with Crippen molar-refractivity contribution < 1.29 is 4.79 Å². The number of nitrogens with zero attached hydrogens (tertiary/aromatic N) is 1. The van der Waals surface area contributed by atoms with Crippen LogP contribution in [0, 0.1) is 5.92 Å². The molecule has 1 fully saturated rings. The summed E-state index contributed by atoms with van der Waals surface area (Å²) in [4.78, 5) is 14.2. The first-order valence-electron chi connectivity index (χ1n) is 6.29. The average molecular weight is 267 g/mol.